The van der Waals surface area contributed by atoms with E-state index in [1.807, 2.05) is 36.4 Å². The van der Waals surface area contributed by atoms with Crippen LogP contribution in [0.3, 0.4) is 0 Å². The standard InChI is InChI=1S/C28H40N6O6/c29-9-1-7-25(35)28(26(36)8-2-10-30)27(23(19-37-15-3-11-31)20-38-16-4-12-32)24(21-39-17-5-13-33)22-40-18-6-14-34/h23-28,35-36H,1-8,15-22H2. The minimum absolute atomic E-state index is 0.0410. The molecule has 0 aromatic carbocycles. The lowest BCUT2D eigenvalue weighted by atomic mass is 9.68. The lowest BCUT2D eigenvalue weighted by Gasteiger charge is -2.43. The average molecular weight is 557 g/mol. The third kappa shape index (κ3) is 16.6. The van der Waals surface area contributed by atoms with Crippen molar-refractivity contribution in [2.24, 2.45) is 23.7 Å². The third-order valence-electron chi connectivity index (χ3n) is 6.29. The highest BCUT2D eigenvalue weighted by Gasteiger charge is 2.43. The van der Waals surface area contributed by atoms with Crippen LogP contribution in [-0.2, 0) is 18.9 Å². The molecule has 40 heavy (non-hydrogen) atoms. The number of hydrogen-bond donors (Lipinski definition) is 2. The summed E-state index contributed by atoms with van der Waals surface area (Å²) in [7, 11) is 0. The Morgan fingerprint density at radius 3 is 0.950 bits per heavy atom. The number of ether oxygens (including phenoxy) is 4. The molecule has 0 aromatic heterocycles. The van der Waals surface area contributed by atoms with Crippen LogP contribution in [0.15, 0.2) is 0 Å². The molecule has 2 N–H and O–H groups in total. The summed E-state index contributed by atoms with van der Waals surface area (Å²) in [6.07, 6.45) is -1.38. The second kappa shape index (κ2) is 26.0. The zero-order valence-electron chi connectivity index (χ0n) is 23.0. The maximum absolute atomic E-state index is 11.3. The second-order valence-electron chi connectivity index (χ2n) is 9.14. The van der Waals surface area contributed by atoms with Crippen LogP contribution in [0.2, 0.25) is 0 Å². The quantitative estimate of drug-likeness (QED) is 0.155. The van der Waals surface area contributed by atoms with Gasteiger partial charge in [0, 0.05) is 30.6 Å². The molecule has 0 saturated carbocycles. The number of hydrogen-bond acceptors (Lipinski definition) is 12. The van der Waals surface area contributed by atoms with Gasteiger partial charge in [-0.05, 0) is 18.8 Å². The molecule has 0 bridgehead atoms. The van der Waals surface area contributed by atoms with E-state index in [9.17, 15) is 10.2 Å². The maximum Gasteiger partial charge on any atom is 0.0645 e. The van der Waals surface area contributed by atoms with Crippen molar-refractivity contribution in [3.05, 3.63) is 0 Å². The van der Waals surface area contributed by atoms with E-state index in [1.165, 1.54) is 0 Å². The fourth-order valence-electron chi connectivity index (χ4n) is 4.54. The summed E-state index contributed by atoms with van der Waals surface area (Å²) in [5.41, 5.74) is 0. The number of aliphatic hydroxyl groups is 2. The summed E-state index contributed by atoms with van der Waals surface area (Å²) in [5.74, 6) is -2.37. The number of nitrogens with zero attached hydrogens (tertiary/aromatic N) is 6. The molecule has 2 unspecified atom stereocenters. The predicted molar refractivity (Wildman–Crippen MR) is 140 cm³/mol. The van der Waals surface area contributed by atoms with E-state index in [1.54, 1.807) is 0 Å². The van der Waals surface area contributed by atoms with Gasteiger partial charge in [0.25, 0.3) is 0 Å². The normalized spacial score (nSPS) is 13.0. The fourth-order valence-corrected chi connectivity index (χ4v) is 4.54. The highest BCUT2D eigenvalue weighted by molar-refractivity contribution is 4.93. The molecule has 0 radical (unpaired) electrons. The Labute approximate surface area is 237 Å². The molecule has 0 aliphatic heterocycles. The molecule has 2 atom stereocenters. The number of aliphatic hydroxyl groups excluding tert-OH is 2. The summed E-state index contributed by atoms with van der Waals surface area (Å²) < 4.78 is 23.1. The molecule has 0 aliphatic carbocycles. The van der Waals surface area contributed by atoms with Crippen molar-refractivity contribution < 1.29 is 29.2 Å². The molecule has 0 fully saturated rings. The van der Waals surface area contributed by atoms with Gasteiger partial charge in [0.2, 0.25) is 0 Å². The summed E-state index contributed by atoms with van der Waals surface area (Å²) in [6, 6.07) is 12.1. The lowest BCUT2D eigenvalue weighted by molar-refractivity contribution is -0.108. The Morgan fingerprint density at radius 1 is 0.425 bits per heavy atom. The molecule has 218 valence electrons. The predicted octanol–water partition coefficient (Wildman–Crippen LogP) is 2.50. The molecular weight excluding hydrogens is 516 g/mol. The van der Waals surface area contributed by atoms with Crippen molar-refractivity contribution in [1.29, 1.82) is 31.6 Å². The van der Waals surface area contributed by atoms with Gasteiger partial charge in [0.1, 0.15) is 0 Å². The molecule has 12 heteroatoms. The van der Waals surface area contributed by atoms with Gasteiger partial charge in [-0.3, -0.25) is 0 Å². The highest BCUT2D eigenvalue weighted by Crippen LogP contribution is 2.37. The molecule has 0 aromatic rings. The first-order valence-corrected chi connectivity index (χ1v) is 13.4. The minimum atomic E-state index is -1.13. The highest BCUT2D eigenvalue weighted by atomic mass is 16.5. The van der Waals surface area contributed by atoms with Gasteiger partial charge in [0.15, 0.2) is 0 Å². The van der Waals surface area contributed by atoms with Crippen molar-refractivity contribution in [3.8, 4) is 36.4 Å². The van der Waals surface area contributed by atoms with E-state index in [0.717, 1.165) is 0 Å². The molecule has 0 heterocycles. The third-order valence-corrected chi connectivity index (χ3v) is 6.29. The second-order valence-corrected chi connectivity index (χ2v) is 9.14. The summed E-state index contributed by atoms with van der Waals surface area (Å²) in [6.45, 7) is 0.987. The molecule has 0 rings (SSSR count). The van der Waals surface area contributed by atoms with Gasteiger partial charge < -0.3 is 29.2 Å². The van der Waals surface area contributed by atoms with E-state index < -0.39 is 35.9 Å². The van der Waals surface area contributed by atoms with E-state index in [-0.39, 0.29) is 104 Å². The first kappa shape index (κ1) is 36.7. The lowest BCUT2D eigenvalue weighted by Crippen LogP contribution is -2.48. The van der Waals surface area contributed by atoms with Gasteiger partial charge in [-0.25, -0.2) is 0 Å². The molecule has 0 amide bonds. The smallest absolute Gasteiger partial charge is 0.0645 e. The van der Waals surface area contributed by atoms with E-state index in [0.29, 0.717) is 0 Å². The van der Waals surface area contributed by atoms with Crippen LogP contribution in [0.5, 0.6) is 0 Å². The molecule has 0 aliphatic rings. The van der Waals surface area contributed by atoms with E-state index in [2.05, 4.69) is 0 Å². The van der Waals surface area contributed by atoms with E-state index in [4.69, 9.17) is 50.5 Å². The first-order chi connectivity index (χ1) is 19.5. The summed E-state index contributed by atoms with van der Waals surface area (Å²) in [5, 5.41) is 76.6. The van der Waals surface area contributed by atoms with E-state index >= 15 is 0 Å². The van der Waals surface area contributed by atoms with Crippen LogP contribution in [0, 0.1) is 91.7 Å². The molecule has 0 saturated heterocycles. The van der Waals surface area contributed by atoms with Crippen LogP contribution in [0.25, 0.3) is 0 Å². The van der Waals surface area contributed by atoms with Gasteiger partial charge in [-0.1, -0.05) is 0 Å². The van der Waals surface area contributed by atoms with Gasteiger partial charge in [-0.15, -0.1) is 0 Å². The van der Waals surface area contributed by atoms with Gasteiger partial charge in [-0.2, -0.15) is 31.6 Å². The van der Waals surface area contributed by atoms with Crippen LogP contribution in [-0.4, -0.2) is 75.3 Å². The minimum Gasteiger partial charge on any atom is -0.393 e. The molecular formula is C28H40N6O6. The van der Waals surface area contributed by atoms with Crippen molar-refractivity contribution in [2.75, 3.05) is 52.9 Å². The fraction of sp³-hybridized carbons (Fsp3) is 0.786. The van der Waals surface area contributed by atoms with Crippen molar-refractivity contribution >= 4 is 0 Å². The zero-order chi connectivity index (χ0) is 29.8. The molecule has 0 spiro atoms. The first-order valence-electron chi connectivity index (χ1n) is 13.4. The maximum atomic E-state index is 11.3. The topological polar surface area (TPSA) is 220 Å². The zero-order valence-corrected chi connectivity index (χ0v) is 23.0. The summed E-state index contributed by atoms with van der Waals surface area (Å²) >= 11 is 0. The van der Waals surface area contributed by atoms with Crippen LogP contribution in [0.4, 0.5) is 0 Å². The number of nitriles is 6. The molecule has 12 nitrogen and oxygen atoms in total. The van der Waals surface area contributed by atoms with Crippen molar-refractivity contribution in [2.45, 2.75) is 63.6 Å². The van der Waals surface area contributed by atoms with Crippen molar-refractivity contribution in [1.82, 2.24) is 0 Å². The van der Waals surface area contributed by atoms with Gasteiger partial charge in [0.05, 0.1) is 127 Å². The summed E-state index contributed by atoms with van der Waals surface area (Å²) in [4.78, 5) is 0. The largest absolute Gasteiger partial charge is 0.393 e. The Hall–Kier alpha value is -3.30. The Bertz CT molecular complexity index is 793. The Balaban J connectivity index is 6.56. The van der Waals surface area contributed by atoms with Crippen LogP contribution in [0.1, 0.15) is 51.4 Å². The average Bonchev–Trinajstić information content (AvgIpc) is 2.96. The Morgan fingerprint density at radius 2 is 0.700 bits per heavy atom. The van der Waals surface area contributed by atoms with Crippen LogP contribution < -0.4 is 0 Å². The van der Waals surface area contributed by atoms with Crippen molar-refractivity contribution in [3.63, 3.8) is 0 Å². The number of rotatable bonds is 25. The van der Waals surface area contributed by atoms with Gasteiger partial charge >= 0.3 is 0 Å². The monoisotopic (exact) mass is 556 g/mol. The SMILES string of the molecule is N#CCCOCC(COCCC#N)C(C(COCCC#N)COCCC#N)C(C(O)CCC#N)C(O)CCC#N. The van der Waals surface area contributed by atoms with Crippen LogP contribution >= 0.6 is 0 Å². The Kier molecular flexibility index (Phi) is 23.8.